The molecule has 1 amide bonds. The summed E-state index contributed by atoms with van der Waals surface area (Å²) in [6.07, 6.45) is 2.03. The predicted molar refractivity (Wildman–Crippen MR) is 88.6 cm³/mol. The van der Waals surface area contributed by atoms with E-state index >= 15 is 0 Å². The molecule has 0 spiro atoms. The van der Waals surface area contributed by atoms with E-state index in [1.807, 2.05) is 11.6 Å². The fourth-order valence-electron chi connectivity index (χ4n) is 2.38. The molecule has 0 unspecified atom stereocenters. The molecular formula is C16H21N3O3S. The Balaban J connectivity index is 1.69. The first-order chi connectivity index (χ1) is 10.9. The van der Waals surface area contributed by atoms with E-state index in [-0.39, 0.29) is 18.6 Å². The minimum absolute atomic E-state index is 0.222. The van der Waals surface area contributed by atoms with E-state index in [0.717, 1.165) is 35.3 Å². The van der Waals surface area contributed by atoms with Crippen LogP contribution in [-0.4, -0.2) is 34.3 Å². The quantitative estimate of drug-likeness (QED) is 0.823. The van der Waals surface area contributed by atoms with Gasteiger partial charge in [-0.25, -0.2) is 4.79 Å². The predicted octanol–water partition coefficient (Wildman–Crippen LogP) is 2.50. The van der Waals surface area contributed by atoms with Crippen molar-refractivity contribution in [3.8, 4) is 0 Å². The van der Waals surface area contributed by atoms with Crippen molar-refractivity contribution in [2.24, 2.45) is 5.92 Å². The molecule has 1 saturated carbocycles. The molecule has 2 aromatic rings. The van der Waals surface area contributed by atoms with Crippen LogP contribution in [0.3, 0.4) is 0 Å². The second-order valence-corrected chi connectivity index (χ2v) is 7.44. The molecule has 0 saturated heterocycles. The fraction of sp³-hybridized carbons (Fsp3) is 0.562. The zero-order valence-corrected chi connectivity index (χ0v) is 14.4. The highest BCUT2D eigenvalue weighted by Crippen LogP contribution is 2.29. The Hall–Kier alpha value is -1.89. The third-order valence-electron chi connectivity index (χ3n) is 3.62. The summed E-state index contributed by atoms with van der Waals surface area (Å²) in [6, 6.07) is 2.08. The standard InChI is InChI=1S/C16H21N3O3S/c1-9(2)7-19-15-12(10(3)18-19)6-13(23-15)16(21)22-8-14(20)17-11-4-5-11/h6,9,11H,4-5,7-8H2,1-3H3,(H,17,20). The number of thiophene rings is 1. The van der Waals surface area contributed by atoms with Crippen LogP contribution in [0.2, 0.25) is 0 Å². The highest BCUT2D eigenvalue weighted by atomic mass is 32.1. The molecule has 1 aliphatic carbocycles. The highest BCUT2D eigenvalue weighted by molar-refractivity contribution is 7.20. The first kappa shape index (κ1) is 16.0. The van der Waals surface area contributed by atoms with Gasteiger partial charge in [-0.15, -0.1) is 11.3 Å². The second kappa shape index (κ2) is 6.31. The van der Waals surface area contributed by atoms with Crippen LogP contribution in [0.15, 0.2) is 6.07 Å². The van der Waals surface area contributed by atoms with Crippen LogP contribution in [0.25, 0.3) is 10.2 Å². The van der Waals surface area contributed by atoms with Gasteiger partial charge in [-0.3, -0.25) is 9.48 Å². The maximum atomic E-state index is 12.1. The van der Waals surface area contributed by atoms with E-state index in [1.165, 1.54) is 11.3 Å². The van der Waals surface area contributed by atoms with Gasteiger partial charge in [0, 0.05) is 18.0 Å². The molecule has 0 radical (unpaired) electrons. The van der Waals surface area contributed by atoms with Crippen LogP contribution < -0.4 is 5.32 Å². The molecule has 0 atom stereocenters. The minimum atomic E-state index is -0.451. The zero-order valence-electron chi connectivity index (χ0n) is 13.6. The molecular weight excluding hydrogens is 314 g/mol. The number of aryl methyl sites for hydroxylation is 1. The molecule has 0 aromatic carbocycles. The third-order valence-corrected chi connectivity index (χ3v) is 4.75. The van der Waals surface area contributed by atoms with Gasteiger partial charge in [0.2, 0.25) is 0 Å². The van der Waals surface area contributed by atoms with Gasteiger partial charge in [-0.05, 0) is 31.7 Å². The number of nitrogens with zero attached hydrogens (tertiary/aromatic N) is 2. The molecule has 23 heavy (non-hydrogen) atoms. The number of carbonyl (C=O) groups excluding carboxylic acids is 2. The smallest absolute Gasteiger partial charge is 0.348 e. The topological polar surface area (TPSA) is 73.2 Å². The van der Waals surface area contributed by atoms with Crippen LogP contribution in [0, 0.1) is 12.8 Å². The summed E-state index contributed by atoms with van der Waals surface area (Å²) in [7, 11) is 0. The van der Waals surface area contributed by atoms with Crippen LogP contribution in [-0.2, 0) is 16.1 Å². The lowest BCUT2D eigenvalue weighted by Gasteiger charge is -2.05. The lowest BCUT2D eigenvalue weighted by Crippen LogP contribution is -2.30. The molecule has 1 aliphatic rings. The van der Waals surface area contributed by atoms with Gasteiger partial charge in [0.1, 0.15) is 9.71 Å². The summed E-state index contributed by atoms with van der Waals surface area (Å²) in [5, 5.41) is 8.29. The Labute approximate surface area is 138 Å². The Bertz CT molecular complexity index is 743. The lowest BCUT2D eigenvalue weighted by atomic mass is 10.2. The number of esters is 1. The van der Waals surface area contributed by atoms with Gasteiger partial charge in [-0.2, -0.15) is 5.10 Å². The summed E-state index contributed by atoms with van der Waals surface area (Å²) >= 11 is 1.37. The normalized spacial score (nSPS) is 14.4. The van der Waals surface area contributed by atoms with E-state index in [9.17, 15) is 9.59 Å². The first-order valence-corrected chi connectivity index (χ1v) is 8.69. The molecule has 2 aromatic heterocycles. The SMILES string of the molecule is Cc1nn(CC(C)C)c2sc(C(=O)OCC(=O)NC3CC3)cc12. The van der Waals surface area contributed by atoms with Crippen molar-refractivity contribution in [3.05, 3.63) is 16.6 Å². The summed E-state index contributed by atoms with van der Waals surface area (Å²) in [4.78, 5) is 25.2. The highest BCUT2D eigenvalue weighted by Gasteiger charge is 2.24. The van der Waals surface area contributed by atoms with Gasteiger partial charge < -0.3 is 10.1 Å². The number of hydrogen-bond acceptors (Lipinski definition) is 5. The lowest BCUT2D eigenvalue weighted by molar-refractivity contribution is -0.124. The number of rotatable bonds is 6. The van der Waals surface area contributed by atoms with Crippen molar-refractivity contribution < 1.29 is 14.3 Å². The van der Waals surface area contributed by atoms with E-state index in [2.05, 4.69) is 24.3 Å². The Morgan fingerprint density at radius 2 is 2.22 bits per heavy atom. The average molecular weight is 335 g/mol. The fourth-order valence-corrected chi connectivity index (χ4v) is 3.45. The van der Waals surface area contributed by atoms with Gasteiger partial charge >= 0.3 is 5.97 Å². The molecule has 1 fully saturated rings. The van der Waals surface area contributed by atoms with Crippen molar-refractivity contribution in [1.29, 1.82) is 0 Å². The van der Waals surface area contributed by atoms with Gasteiger partial charge in [0.25, 0.3) is 5.91 Å². The molecule has 3 rings (SSSR count). The maximum Gasteiger partial charge on any atom is 0.348 e. The number of fused-ring (bicyclic) bond motifs is 1. The molecule has 124 valence electrons. The van der Waals surface area contributed by atoms with Crippen molar-refractivity contribution >= 4 is 33.4 Å². The number of hydrogen-bond donors (Lipinski definition) is 1. The van der Waals surface area contributed by atoms with Crippen LogP contribution in [0.1, 0.15) is 42.1 Å². The van der Waals surface area contributed by atoms with Gasteiger partial charge in [0.15, 0.2) is 6.61 Å². The molecule has 7 heteroatoms. The van der Waals surface area contributed by atoms with Crippen molar-refractivity contribution in [2.75, 3.05) is 6.61 Å². The average Bonchev–Trinajstić information content (AvgIpc) is 3.09. The summed E-state index contributed by atoms with van der Waals surface area (Å²) in [5.41, 5.74) is 0.905. The number of amides is 1. The molecule has 2 heterocycles. The monoisotopic (exact) mass is 335 g/mol. The zero-order chi connectivity index (χ0) is 16.6. The molecule has 0 aliphatic heterocycles. The Morgan fingerprint density at radius 3 is 2.87 bits per heavy atom. The van der Waals surface area contributed by atoms with Crippen LogP contribution in [0.5, 0.6) is 0 Å². The Morgan fingerprint density at radius 1 is 1.48 bits per heavy atom. The van der Waals surface area contributed by atoms with Gasteiger partial charge in [0.05, 0.1) is 5.69 Å². The van der Waals surface area contributed by atoms with Crippen molar-refractivity contribution in [2.45, 2.75) is 46.2 Å². The number of ether oxygens (including phenoxy) is 1. The minimum Gasteiger partial charge on any atom is -0.451 e. The third kappa shape index (κ3) is 3.72. The summed E-state index contributed by atoms with van der Waals surface area (Å²) < 4.78 is 7.05. The van der Waals surface area contributed by atoms with E-state index < -0.39 is 5.97 Å². The van der Waals surface area contributed by atoms with Crippen molar-refractivity contribution in [3.63, 3.8) is 0 Å². The first-order valence-electron chi connectivity index (χ1n) is 7.87. The van der Waals surface area contributed by atoms with Crippen molar-refractivity contribution in [1.82, 2.24) is 15.1 Å². The van der Waals surface area contributed by atoms with Crippen LogP contribution >= 0.6 is 11.3 Å². The molecule has 6 nitrogen and oxygen atoms in total. The molecule has 0 bridgehead atoms. The molecule has 1 N–H and O–H groups in total. The largest absolute Gasteiger partial charge is 0.451 e. The number of aromatic nitrogens is 2. The van der Waals surface area contributed by atoms with Gasteiger partial charge in [-0.1, -0.05) is 13.8 Å². The number of nitrogens with one attached hydrogen (secondary N) is 1. The van der Waals surface area contributed by atoms with E-state index in [1.54, 1.807) is 6.07 Å². The summed E-state index contributed by atoms with van der Waals surface area (Å²) in [5.74, 6) is -0.210. The van der Waals surface area contributed by atoms with E-state index in [4.69, 9.17) is 4.74 Å². The van der Waals surface area contributed by atoms with E-state index in [0.29, 0.717) is 10.8 Å². The number of carbonyl (C=O) groups is 2. The Kier molecular flexibility index (Phi) is 4.39. The maximum absolute atomic E-state index is 12.1. The van der Waals surface area contributed by atoms with Crippen LogP contribution in [0.4, 0.5) is 0 Å². The summed E-state index contributed by atoms with van der Waals surface area (Å²) in [6.45, 7) is 6.78. The second-order valence-electron chi connectivity index (χ2n) is 6.41.